The molecule has 0 amide bonds. The fourth-order valence-electron chi connectivity index (χ4n) is 1.73. The molecule has 5 heteroatoms. The molecule has 5 nitrogen and oxygen atoms in total. The molecular formula is C12H16N5+. The Morgan fingerprint density at radius 1 is 1.29 bits per heavy atom. The van der Waals surface area contributed by atoms with E-state index in [9.17, 15) is 0 Å². The Labute approximate surface area is 99.6 Å². The first-order valence-electron chi connectivity index (χ1n) is 5.52. The van der Waals surface area contributed by atoms with Crippen molar-refractivity contribution in [3.05, 3.63) is 29.5 Å². The summed E-state index contributed by atoms with van der Waals surface area (Å²) in [4.78, 5) is 11.4. The molecule has 0 aliphatic heterocycles. The van der Waals surface area contributed by atoms with Crippen molar-refractivity contribution in [2.24, 2.45) is 11.5 Å². The lowest BCUT2D eigenvalue weighted by molar-refractivity contribution is -0.366. The minimum atomic E-state index is 0.0916. The molecular weight excluding hydrogens is 214 g/mol. The summed E-state index contributed by atoms with van der Waals surface area (Å²) in [5.74, 6) is 0.521. The van der Waals surface area contributed by atoms with E-state index in [2.05, 4.69) is 34.0 Å². The number of nitrogens with one attached hydrogen (secondary N) is 1. The van der Waals surface area contributed by atoms with Gasteiger partial charge in [-0.2, -0.15) is 0 Å². The second kappa shape index (κ2) is 4.37. The van der Waals surface area contributed by atoms with Gasteiger partial charge in [0.15, 0.2) is 0 Å². The van der Waals surface area contributed by atoms with Crippen molar-refractivity contribution >= 4 is 22.8 Å². The van der Waals surface area contributed by atoms with E-state index in [0.717, 1.165) is 23.0 Å². The Morgan fingerprint density at radius 2 is 2.06 bits per heavy atom. The number of aryl methyl sites for hydroxylation is 2. The maximum absolute atomic E-state index is 5.37. The molecule has 0 aliphatic rings. The Kier molecular flexibility index (Phi) is 2.91. The van der Waals surface area contributed by atoms with Gasteiger partial charge in [0.1, 0.15) is 5.52 Å². The van der Waals surface area contributed by atoms with Gasteiger partial charge >= 0.3 is 5.95 Å². The molecule has 0 aliphatic carbocycles. The molecule has 1 heterocycles. The number of hydrogen-bond acceptors (Lipinski definition) is 2. The molecule has 5 N–H and O–H groups in total. The van der Waals surface area contributed by atoms with Gasteiger partial charge in [-0.1, -0.05) is 13.0 Å². The van der Waals surface area contributed by atoms with E-state index in [1.54, 1.807) is 0 Å². The van der Waals surface area contributed by atoms with Crippen LogP contribution in [0.2, 0.25) is 0 Å². The lowest BCUT2D eigenvalue weighted by Gasteiger charge is -2.01. The van der Waals surface area contributed by atoms with Gasteiger partial charge < -0.3 is 11.5 Å². The third-order valence-electron chi connectivity index (χ3n) is 2.62. The van der Waals surface area contributed by atoms with Crippen LogP contribution in [-0.4, -0.2) is 15.9 Å². The molecule has 88 valence electrons. The quantitative estimate of drug-likeness (QED) is 0.478. The molecule has 0 spiro atoms. The van der Waals surface area contributed by atoms with Crippen LogP contribution >= 0.6 is 0 Å². The molecule has 1 aromatic heterocycles. The van der Waals surface area contributed by atoms with Gasteiger partial charge in [0.2, 0.25) is 0 Å². The SMILES string of the molecule is CCc1ccc2nc([NH+]=C(N)N)nc(C)c2c1. The second-order valence-corrected chi connectivity index (χ2v) is 3.92. The predicted molar refractivity (Wildman–Crippen MR) is 67.7 cm³/mol. The van der Waals surface area contributed by atoms with Gasteiger partial charge in [-0.3, -0.25) is 0 Å². The van der Waals surface area contributed by atoms with Gasteiger partial charge in [0.05, 0.1) is 5.69 Å². The molecule has 0 saturated heterocycles. The van der Waals surface area contributed by atoms with Crippen molar-refractivity contribution in [3.8, 4) is 0 Å². The van der Waals surface area contributed by atoms with E-state index >= 15 is 0 Å². The van der Waals surface area contributed by atoms with Crippen molar-refractivity contribution in [3.63, 3.8) is 0 Å². The van der Waals surface area contributed by atoms with Crippen LogP contribution in [0.5, 0.6) is 0 Å². The number of rotatable bonds is 2. The molecule has 0 bridgehead atoms. The summed E-state index contributed by atoms with van der Waals surface area (Å²) < 4.78 is 0. The third kappa shape index (κ3) is 2.33. The van der Waals surface area contributed by atoms with E-state index in [1.807, 2.05) is 13.0 Å². The molecule has 0 fully saturated rings. The monoisotopic (exact) mass is 230 g/mol. The van der Waals surface area contributed by atoms with Gasteiger partial charge in [0.25, 0.3) is 5.96 Å². The first-order valence-corrected chi connectivity index (χ1v) is 5.52. The molecule has 1 aromatic carbocycles. The summed E-state index contributed by atoms with van der Waals surface area (Å²) in [5.41, 5.74) is 13.8. The van der Waals surface area contributed by atoms with E-state index in [1.165, 1.54) is 5.56 Å². The summed E-state index contributed by atoms with van der Waals surface area (Å²) >= 11 is 0. The molecule has 0 radical (unpaired) electrons. The summed E-state index contributed by atoms with van der Waals surface area (Å²) in [6.45, 7) is 4.07. The van der Waals surface area contributed by atoms with Crippen LogP contribution in [0.1, 0.15) is 18.2 Å². The Hall–Kier alpha value is -2.17. The first kappa shape index (κ1) is 11.3. The van der Waals surface area contributed by atoms with Crippen LogP contribution in [0.25, 0.3) is 10.9 Å². The van der Waals surface area contributed by atoms with Crippen molar-refractivity contribution in [1.29, 1.82) is 0 Å². The van der Waals surface area contributed by atoms with Gasteiger partial charge in [-0.05, 0) is 31.0 Å². The molecule has 0 unspecified atom stereocenters. The minimum absolute atomic E-state index is 0.0916. The average molecular weight is 230 g/mol. The molecule has 2 rings (SSSR count). The molecule has 17 heavy (non-hydrogen) atoms. The first-order chi connectivity index (χ1) is 8.10. The number of hydrogen-bond donors (Lipinski definition) is 3. The van der Waals surface area contributed by atoms with Crippen LogP contribution in [0, 0.1) is 6.92 Å². The summed E-state index contributed by atoms with van der Waals surface area (Å²) in [5, 5.41) is 1.06. The number of aromatic nitrogens is 2. The minimum Gasteiger partial charge on any atom is -0.323 e. The smallest absolute Gasteiger partial charge is 0.323 e. The largest absolute Gasteiger partial charge is 0.354 e. The zero-order valence-corrected chi connectivity index (χ0v) is 9.99. The topological polar surface area (TPSA) is 91.8 Å². The normalized spacial score (nSPS) is 10.5. The van der Waals surface area contributed by atoms with Gasteiger partial charge in [-0.15, -0.1) is 9.97 Å². The predicted octanol–water partition coefficient (Wildman–Crippen LogP) is -0.514. The van der Waals surface area contributed by atoms with Crippen molar-refractivity contribution in [2.75, 3.05) is 0 Å². The van der Waals surface area contributed by atoms with Crippen LogP contribution in [0.15, 0.2) is 18.2 Å². The molecule has 0 atom stereocenters. The lowest BCUT2D eigenvalue weighted by Crippen LogP contribution is -2.73. The third-order valence-corrected chi connectivity index (χ3v) is 2.62. The Morgan fingerprint density at radius 3 is 2.71 bits per heavy atom. The highest BCUT2D eigenvalue weighted by molar-refractivity contribution is 5.82. The summed E-state index contributed by atoms with van der Waals surface area (Å²) in [6, 6.07) is 6.17. The highest BCUT2D eigenvalue weighted by Crippen LogP contribution is 2.17. The van der Waals surface area contributed by atoms with E-state index in [-0.39, 0.29) is 5.96 Å². The van der Waals surface area contributed by atoms with Crippen molar-refractivity contribution in [2.45, 2.75) is 20.3 Å². The molecule has 0 saturated carbocycles. The lowest BCUT2D eigenvalue weighted by atomic mass is 10.1. The maximum Gasteiger partial charge on any atom is 0.354 e. The fourth-order valence-corrected chi connectivity index (χ4v) is 1.73. The number of fused-ring (bicyclic) bond motifs is 1. The van der Waals surface area contributed by atoms with E-state index < -0.39 is 0 Å². The number of nitrogens with zero attached hydrogens (tertiary/aromatic N) is 2. The van der Waals surface area contributed by atoms with Crippen molar-refractivity contribution < 1.29 is 4.99 Å². The van der Waals surface area contributed by atoms with Crippen molar-refractivity contribution in [1.82, 2.24) is 9.97 Å². The second-order valence-electron chi connectivity index (χ2n) is 3.92. The van der Waals surface area contributed by atoms with Crippen LogP contribution < -0.4 is 16.5 Å². The standard InChI is InChI=1S/C12H15N5/c1-3-8-4-5-10-9(6-8)7(2)15-12(16-10)17-11(13)14/h4-6H,3H2,1-2H3,(H4,13,14,15,16,17)/p+1. The van der Waals surface area contributed by atoms with Gasteiger partial charge in [0, 0.05) is 5.39 Å². The van der Waals surface area contributed by atoms with Crippen LogP contribution in [0.4, 0.5) is 5.95 Å². The summed E-state index contributed by atoms with van der Waals surface area (Å²) in [7, 11) is 0. The maximum atomic E-state index is 5.37. The zero-order chi connectivity index (χ0) is 12.4. The highest BCUT2D eigenvalue weighted by Gasteiger charge is 2.08. The zero-order valence-electron chi connectivity index (χ0n) is 9.99. The number of guanidine groups is 1. The van der Waals surface area contributed by atoms with Gasteiger partial charge in [-0.25, -0.2) is 4.99 Å². The molecule has 2 aromatic rings. The van der Waals surface area contributed by atoms with Crippen LogP contribution in [-0.2, 0) is 6.42 Å². The Balaban J connectivity index is 2.63. The Bertz CT molecular complexity index is 585. The van der Waals surface area contributed by atoms with Crippen LogP contribution in [0.3, 0.4) is 0 Å². The fraction of sp³-hybridized carbons (Fsp3) is 0.250. The number of benzene rings is 1. The average Bonchev–Trinajstić information content (AvgIpc) is 2.28. The highest BCUT2D eigenvalue weighted by atomic mass is 15.1. The van der Waals surface area contributed by atoms with E-state index in [4.69, 9.17) is 11.5 Å². The van der Waals surface area contributed by atoms with E-state index in [0.29, 0.717) is 5.95 Å². The number of nitrogens with two attached hydrogens (primary N) is 2. The summed E-state index contributed by atoms with van der Waals surface area (Å²) in [6.07, 6.45) is 0.999.